The summed E-state index contributed by atoms with van der Waals surface area (Å²) in [5.41, 5.74) is 0.212. The van der Waals surface area contributed by atoms with Crippen LogP contribution in [-0.2, 0) is 0 Å². The lowest BCUT2D eigenvalue weighted by molar-refractivity contribution is -0.384. The van der Waals surface area contributed by atoms with Crippen LogP contribution < -0.4 is 5.32 Å². The maximum absolute atomic E-state index is 11.0. The molecule has 0 saturated carbocycles. The van der Waals surface area contributed by atoms with E-state index in [4.69, 9.17) is 5.26 Å². The number of hydrogen-bond donors (Lipinski definition) is 1. The Labute approximate surface area is 114 Å². The molecular formula is C12H12N6O2. The largest absolute Gasteiger partial charge is 0.366 e. The molecule has 1 aromatic carbocycles. The Morgan fingerprint density at radius 3 is 2.85 bits per heavy atom. The number of anilines is 1. The molecule has 0 aliphatic heterocycles. The topological polar surface area (TPSA) is 110 Å². The van der Waals surface area contributed by atoms with Crippen molar-refractivity contribution in [1.29, 1.82) is 5.26 Å². The fourth-order valence-electron chi connectivity index (χ4n) is 1.64. The highest BCUT2D eigenvalue weighted by Gasteiger charge is 2.18. The van der Waals surface area contributed by atoms with Crippen molar-refractivity contribution < 1.29 is 4.92 Å². The van der Waals surface area contributed by atoms with Gasteiger partial charge in [0.15, 0.2) is 11.5 Å². The first-order valence-electron chi connectivity index (χ1n) is 6.02. The van der Waals surface area contributed by atoms with Crippen molar-refractivity contribution in [3.05, 3.63) is 40.1 Å². The summed E-state index contributed by atoms with van der Waals surface area (Å²) in [5, 5.41) is 31.0. The van der Waals surface area contributed by atoms with E-state index >= 15 is 0 Å². The predicted molar refractivity (Wildman–Crippen MR) is 71.5 cm³/mol. The summed E-state index contributed by atoms with van der Waals surface area (Å²) in [6, 6.07) is 8.02. The minimum absolute atomic E-state index is 0.108. The summed E-state index contributed by atoms with van der Waals surface area (Å²) in [7, 11) is 0. The number of aromatic nitrogens is 3. The normalized spacial score (nSPS) is 10.0. The Hall–Kier alpha value is -2.95. The monoisotopic (exact) mass is 272 g/mol. The molecule has 0 bridgehead atoms. The first-order chi connectivity index (χ1) is 9.67. The molecule has 1 heterocycles. The van der Waals surface area contributed by atoms with Crippen molar-refractivity contribution >= 4 is 11.5 Å². The summed E-state index contributed by atoms with van der Waals surface area (Å²) in [5.74, 6) is 0.326. The molecule has 0 amide bonds. The third-order valence-corrected chi connectivity index (χ3v) is 2.56. The number of nitro benzene ring substituents is 1. The molecule has 8 nitrogen and oxygen atoms in total. The first-order valence-corrected chi connectivity index (χ1v) is 6.02. The summed E-state index contributed by atoms with van der Waals surface area (Å²) >= 11 is 0. The van der Waals surface area contributed by atoms with Gasteiger partial charge in [0.05, 0.1) is 4.92 Å². The average molecular weight is 272 g/mol. The van der Waals surface area contributed by atoms with Crippen molar-refractivity contribution in [1.82, 2.24) is 15.0 Å². The Balaban J connectivity index is 2.46. The molecule has 0 radical (unpaired) electrons. The van der Waals surface area contributed by atoms with E-state index in [0.29, 0.717) is 12.4 Å². The molecule has 0 aliphatic carbocycles. The van der Waals surface area contributed by atoms with Crippen molar-refractivity contribution in [3.63, 3.8) is 0 Å². The van der Waals surface area contributed by atoms with Crippen LogP contribution in [0.25, 0.3) is 5.69 Å². The van der Waals surface area contributed by atoms with Gasteiger partial charge in [-0.3, -0.25) is 10.1 Å². The highest BCUT2D eigenvalue weighted by molar-refractivity contribution is 5.53. The van der Waals surface area contributed by atoms with E-state index in [1.54, 1.807) is 12.1 Å². The molecule has 2 aromatic rings. The molecule has 2 rings (SSSR count). The molecule has 1 aromatic heterocycles. The number of benzene rings is 1. The fraction of sp³-hybridized carbons (Fsp3) is 0.250. The smallest absolute Gasteiger partial charge is 0.296 e. The van der Waals surface area contributed by atoms with Crippen molar-refractivity contribution in [2.45, 2.75) is 13.3 Å². The molecule has 0 atom stereocenters. The van der Waals surface area contributed by atoms with Crippen LogP contribution in [0.2, 0.25) is 0 Å². The quantitative estimate of drug-likeness (QED) is 0.657. The summed E-state index contributed by atoms with van der Waals surface area (Å²) in [6.07, 6.45) is 0.864. The van der Waals surface area contributed by atoms with Gasteiger partial charge in [-0.15, -0.1) is 15.0 Å². The lowest BCUT2D eigenvalue weighted by Gasteiger charge is -2.00. The van der Waals surface area contributed by atoms with Crippen LogP contribution in [0.3, 0.4) is 0 Å². The number of nitrogens with one attached hydrogen (secondary N) is 1. The van der Waals surface area contributed by atoms with Gasteiger partial charge in [0.25, 0.3) is 5.69 Å². The summed E-state index contributed by atoms with van der Waals surface area (Å²) < 4.78 is 0. The third kappa shape index (κ3) is 2.56. The van der Waals surface area contributed by atoms with Crippen molar-refractivity contribution in [3.8, 4) is 11.8 Å². The van der Waals surface area contributed by atoms with Gasteiger partial charge in [0.1, 0.15) is 6.07 Å². The van der Waals surface area contributed by atoms with Crippen LogP contribution in [0.4, 0.5) is 11.5 Å². The SMILES string of the molecule is CCCNc1nn(-c2ccccc2[N+](=O)[O-])nc1C#N. The van der Waals surface area contributed by atoms with Gasteiger partial charge < -0.3 is 5.32 Å². The second-order valence-electron chi connectivity index (χ2n) is 3.97. The molecule has 0 fully saturated rings. The molecule has 0 saturated heterocycles. The summed E-state index contributed by atoms with van der Waals surface area (Å²) in [6.45, 7) is 2.62. The van der Waals surface area contributed by atoms with Crippen LogP contribution >= 0.6 is 0 Å². The third-order valence-electron chi connectivity index (χ3n) is 2.56. The number of nitro groups is 1. The predicted octanol–water partition coefficient (Wildman–Crippen LogP) is 1.87. The molecule has 1 N–H and O–H groups in total. The molecule has 102 valence electrons. The molecule has 8 heteroatoms. The second-order valence-corrected chi connectivity index (χ2v) is 3.97. The van der Waals surface area contributed by atoms with E-state index in [1.807, 2.05) is 13.0 Å². The van der Waals surface area contributed by atoms with Crippen molar-refractivity contribution in [2.75, 3.05) is 11.9 Å². The highest BCUT2D eigenvalue weighted by atomic mass is 16.6. The van der Waals surface area contributed by atoms with Gasteiger partial charge in [-0.1, -0.05) is 19.1 Å². The molecule has 20 heavy (non-hydrogen) atoms. The minimum atomic E-state index is -0.510. The van der Waals surface area contributed by atoms with Gasteiger partial charge in [-0.2, -0.15) is 5.26 Å². The van der Waals surface area contributed by atoms with E-state index in [-0.39, 0.29) is 17.1 Å². The van der Waals surface area contributed by atoms with Gasteiger partial charge in [-0.05, 0) is 12.5 Å². The maximum atomic E-state index is 11.0. The van der Waals surface area contributed by atoms with Gasteiger partial charge in [0.2, 0.25) is 5.69 Å². The zero-order valence-electron chi connectivity index (χ0n) is 10.8. The summed E-state index contributed by atoms with van der Waals surface area (Å²) in [4.78, 5) is 11.6. The number of rotatable bonds is 5. The molecule has 0 unspecified atom stereocenters. The second kappa shape index (κ2) is 5.79. The zero-order valence-corrected chi connectivity index (χ0v) is 10.8. The number of para-hydroxylation sites is 2. The van der Waals surface area contributed by atoms with Gasteiger partial charge in [0, 0.05) is 12.6 Å². The van der Waals surface area contributed by atoms with Crippen LogP contribution in [0.15, 0.2) is 24.3 Å². The minimum Gasteiger partial charge on any atom is -0.366 e. The van der Waals surface area contributed by atoms with Crippen LogP contribution in [-0.4, -0.2) is 26.5 Å². The van der Waals surface area contributed by atoms with E-state index in [0.717, 1.165) is 11.2 Å². The Kier molecular flexibility index (Phi) is 3.91. The van der Waals surface area contributed by atoms with E-state index in [9.17, 15) is 10.1 Å². The molecule has 0 aliphatic rings. The van der Waals surface area contributed by atoms with E-state index in [1.165, 1.54) is 12.1 Å². The first kappa shape index (κ1) is 13.5. The number of nitrogens with zero attached hydrogens (tertiary/aromatic N) is 5. The van der Waals surface area contributed by atoms with Crippen molar-refractivity contribution in [2.24, 2.45) is 0 Å². The maximum Gasteiger partial charge on any atom is 0.296 e. The fourth-order valence-corrected chi connectivity index (χ4v) is 1.64. The zero-order chi connectivity index (χ0) is 14.5. The Bertz CT molecular complexity index is 673. The van der Waals surface area contributed by atoms with E-state index < -0.39 is 4.92 Å². The molecular weight excluding hydrogens is 260 g/mol. The highest BCUT2D eigenvalue weighted by Crippen LogP contribution is 2.22. The lowest BCUT2D eigenvalue weighted by Crippen LogP contribution is -2.05. The van der Waals surface area contributed by atoms with E-state index in [2.05, 4.69) is 15.5 Å². The molecule has 0 spiro atoms. The lowest BCUT2D eigenvalue weighted by atomic mass is 10.3. The standard InChI is InChI=1S/C12H12N6O2/c1-2-7-14-12-9(8-13)15-17(16-12)10-5-3-4-6-11(10)18(19)20/h3-6H,2,7H2,1H3,(H,14,16). The van der Waals surface area contributed by atoms with Crippen LogP contribution in [0.1, 0.15) is 19.0 Å². The average Bonchev–Trinajstić information content (AvgIpc) is 2.88. The number of hydrogen-bond acceptors (Lipinski definition) is 6. The Morgan fingerprint density at radius 1 is 1.45 bits per heavy atom. The number of nitriles is 1. The van der Waals surface area contributed by atoms with Crippen LogP contribution in [0.5, 0.6) is 0 Å². The van der Waals surface area contributed by atoms with Gasteiger partial charge in [-0.25, -0.2) is 0 Å². The Morgan fingerprint density at radius 2 is 2.20 bits per heavy atom. The van der Waals surface area contributed by atoms with Gasteiger partial charge >= 0.3 is 0 Å². The van der Waals surface area contributed by atoms with Crippen LogP contribution in [0, 0.1) is 21.4 Å².